The summed E-state index contributed by atoms with van der Waals surface area (Å²) in [7, 11) is 1.83. The third kappa shape index (κ3) is 6.63. The molecule has 0 aromatic rings. The molecule has 0 saturated carbocycles. The second kappa shape index (κ2) is 9.72. The van der Waals surface area contributed by atoms with E-state index < -0.39 is 0 Å². The quantitative estimate of drug-likeness (QED) is 0.317. The van der Waals surface area contributed by atoms with Crippen LogP contribution >= 0.6 is 11.8 Å². The zero-order chi connectivity index (χ0) is 13.1. The summed E-state index contributed by atoms with van der Waals surface area (Å²) in [4.78, 5) is 4.42. The van der Waals surface area contributed by atoms with Gasteiger partial charge in [-0.25, -0.2) is 0 Å². The molecule has 0 atom stereocenters. The first-order valence-corrected chi connectivity index (χ1v) is 6.49. The van der Waals surface area contributed by atoms with Crippen molar-refractivity contribution in [3.05, 3.63) is 36.6 Å². The Hall–Kier alpha value is -1.49. The molecule has 0 bridgehead atoms. The fourth-order valence-corrected chi connectivity index (χ4v) is 1.72. The van der Waals surface area contributed by atoms with Crippen LogP contribution < -0.4 is 5.43 Å². The van der Waals surface area contributed by atoms with Gasteiger partial charge in [0.15, 0.2) is 0 Å². The summed E-state index contributed by atoms with van der Waals surface area (Å²) in [5, 5.41) is 9.64. The summed E-state index contributed by atoms with van der Waals surface area (Å²) in [6.45, 7) is 6.40. The summed E-state index contributed by atoms with van der Waals surface area (Å²) in [6.07, 6.45) is 10.5. The van der Waals surface area contributed by atoms with Crippen LogP contribution in [-0.2, 0) is 0 Å². The molecule has 5 heteroatoms. The van der Waals surface area contributed by atoms with Crippen LogP contribution in [0.3, 0.4) is 0 Å². The van der Waals surface area contributed by atoms with Crippen LogP contribution in [0.4, 0.5) is 0 Å². The number of hydrogen-bond acceptors (Lipinski definition) is 4. The molecule has 0 radical (unpaired) electrons. The van der Waals surface area contributed by atoms with Gasteiger partial charge in [0, 0.05) is 25.4 Å². The standard InChI is InChI=1S/C12H20N4S/c1-5-7-8-11(9-16(3)15-10-13)12(17-4)14-6-2/h5,7-10H,1,6H2,2-4H3,(H2,13,15)/b8-7+,11-9+,14-12-. The van der Waals surface area contributed by atoms with E-state index >= 15 is 0 Å². The Morgan fingerprint density at radius 3 is 2.76 bits per heavy atom. The van der Waals surface area contributed by atoms with E-state index in [0.29, 0.717) is 0 Å². The normalized spacial score (nSPS) is 12.6. The molecule has 0 saturated heterocycles. The number of rotatable bonds is 7. The molecule has 0 heterocycles. The van der Waals surface area contributed by atoms with Gasteiger partial charge in [-0.15, -0.1) is 11.8 Å². The molecular weight excluding hydrogens is 232 g/mol. The number of aliphatic imine (C=N–C) groups is 1. The Kier molecular flexibility index (Phi) is 8.86. The highest BCUT2D eigenvalue weighted by atomic mass is 32.2. The van der Waals surface area contributed by atoms with Crippen molar-refractivity contribution in [1.29, 1.82) is 5.41 Å². The first-order valence-electron chi connectivity index (χ1n) is 5.27. The lowest BCUT2D eigenvalue weighted by molar-refractivity contribution is 0.412. The van der Waals surface area contributed by atoms with Gasteiger partial charge in [0.2, 0.25) is 0 Å². The van der Waals surface area contributed by atoms with Gasteiger partial charge in [0.1, 0.15) is 0 Å². The van der Waals surface area contributed by atoms with Crippen molar-refractivity contribution in [3.63, 3.8) is 0 Å². The van der Waals surface area contributed by atoms with Crippen LogP contribution in [0.1, 0.15) is 6.92 Å². The van der Waals surface area contributed by atoms with Crippen LogP contribution in [0, 0.1) is 5.41 Å². The van der Waals surface area contributed by atoms with Crippen LogP contribution in [-0.4, -0.2) is 36.2 Å². The van der Waals surface area contributed by atoms with Crippen molar-refractivity contribution >= 4 is 23.1 Å². The number of nitrogens with one attached hydrogen (secondary N) is 2. The fourth-order valence-electron chi connectivity index (χ4n) is 1.11. The van der Waals surface area contributed by atoms with E-state index in [0.717, 1.165) is 23.5 Å². The summed E-state index contributed by atoms with van der Waals surface area (Å²) in [6, 6.07) is 0. The molecule has 0 aliphatic rings. The van der Waals surface area contributed by atoms with Crippen LogP contribution in [0.25, 0.3) is 0 Å². The summed E-state index contributed by atoms with van der Waals surface area (Å²) >= 11 is 1.60. The molecule has 0 spiro atoms. The first-order chi connectivity index (χ1) is 8.19. The topological polar surface area (TPSA) is 51.5 Å². The Bertz CT molecular complexity index is 331. The summed E-state index contributed by atoms with van der Waals surface area (Å²) in [5.74, 6) is 0. The number of allylic oxidation sites excluding steroid dienone is 3. The number of thioether (sulfide) groups is 1. The van der Waals surface area contributed by atoms with Crippen molar-refractivity contribution in [3.8, 4) is 0 Å². The Morgan fingerprint density at radius 2 is 2.29 bits per heavy atom. The van der Waals surface area contributed by atoms with E-state index in [1.54, 1.807) is 22.8 Å². The zero-order valence-electron chi connectivity index (χ0n) is 10.6. The first kappa shape index (κ1) is 15.5. The molecule has 0 aromatic carbocycles. The molecule has 0 fully saturated rings. The van der Waals surface area contributed by atoms with Gasteiger partial charge in [-0.2, -0.15) is 0 Å². The van der Waals surface area contributed by atoms with Crippen LogP contribution in [0.15, 0.2) is 41.6 Å². The third-order valence-electron chi connectivity index (χ3n) is 1.75. The molecule has 2 N–H and O–H groups in total. The maximum Gasteiger partial charge on any atom is 0.0989 e. The monoisotopic (exact) mass is 252 g/mol. The zero-order valence-corrected chi connectivity index (χ0v) is 11.4. The molecule has 0 aromatic heterocycles. The number of nitrogens with zero attached hydrogens (tertiary/aromatic N) is 2. The highest BCUT2D eigenvalue weighted by molar-refractivity contribution is 8.13. The van der Waals surface area contributed by atoms with Crippen molar-refractivity contribution in [2.75, 3.05) is 19.8 Å². The lowest BCUT2D eigenvalue weighted by Gasteiger charge is -2.15. The lowest BCUT2D eigenvalue weighted by atomic mass is 10.2. The predicted molar refractivity (Wildman–Crippen MR) is 78.6 cm³/mol. The summed E-state index contributed by atoms with van der Waals surface area (Å²) in [5.41, 5.74) is 3.73. The molecule has 17 heavy (non-hydrogen) atoms. The average molecular weight is 252 g/mol. The fraction of sp³-hybridized carbons (Fsp3) is 0.333. The van der Waals surface area contributed by atoms with Gasteiger partial charge >= 0.3 is 0 Å². The maximum absolute atomic E-state index is 6.97. The van der Waals surface area contributed by atoms with E-state index in [1.165, 1.54) is 0 Å². The van der Waals surface area contributed by atoms with Crippen LogP contribution in [0.2, 0.25) is 0 Å². The van der Waals surface area contributed by atoms with E-state index in [2.05, 4.69) is 17.0 Å². The SMILES string of the molecule is C=C/C=C/C(=C\N(C)NC=N)C(=N/CC)/SC. The smallest absolute Gasteiger partial charge is 0.0989 e. The van der Waals surface area contributed by atoms with Gasteiger partial charge in [0.25, 0.3) is 0 Å². The molecule has 0 aliphatic heterocycles. The highest BCUT2D eigenvalue weighted by Gasteiger charge is 2.03. The highest BCUT2D eigenvalue weighted by Crippen LogP contribution is 2.12. The molecule has 94 valence electrons. The average Bonchev–Trinajstić information content (AvgIpc) is 2.32. The van der Waals surface area contributed by atoms with Gasteiger partial charge in [-0.1, -0.05) is 24.8 Å². The van der Waals surface area contributed by atoms with Crippen LogP contribution in [0.5, 0.6) is 0 Å². The number of hydrogen-bond donors (Lipinski definition) is 2. The number of hydrazine groups is 1. The second-order valence-corrected chi connectivity index (χ2v) is 3.84. The molecule has 4 nitrogen and oxygen atoms in total. The van der Waals surface area contributed by atoms with Crippen molar-refractivity contribution in [1.82, 2.24) is 10.4 Å². The molecular formula is C12H20N4S. The Morgan fingerprint density at radius 1 is 1.59 bits per heavy atom. The molecule has 0 amide bonds. The predicted octanol–water partition coefficient (Wildman–Crippen LogP) is 2.44. The van der Waals surface area contributed by atoms with Gasteiger partial charge in [-0.3, -0.25) is 20.8 Å². The van der Waals surface area contributed by atoms with Crippen molar-refractivity contribution < 1.29 is 0 Å². The van der Waals surface area contributed by atoms with E-state index in [1.807, 2.05) is 38.6 Å². The minimum atomic E-state index is 0.747. The van der Waals surface area contributed by atoms with E-state index in [9.17, 15) is 0 Å². The second-order valence-electron chi connectivity index (χ2n) is 3.05. The lowest BCUT2D eigenvalue weighted by Crippen LogP contribution is -2.28. The Labute approximate surface area is 108 Å². The Balaban J connectivity index is 5.09. The molecule has 0 rings (SSSR count). The van der Waals surface area contributed by atoms with E-state index in [-0.39, 0.29) is 0 Å². The minimum absolute atomic E-state index is 0.747. The van der Waals surface area contributed by atoms with Gasteiger partial charge in [-0.05, 0) is 13.2 Å². The van der Waals surface area contributed by atoms with E-state index in [4.69, 9.17) is 5.41 Å². The van der Waals surface area contributed by atoms with Gasteiger partial charge < -0.3 is 0 Å². The summed E-state index contributed by atoms with van der Waals surface area (Å²) < 4.78 is 0. The van der Waals surface area contributed by atoms with Gasteiger partial charge in [0.05, 0.1) is 11.4 Å². The minimum Gasteiger partial charge on any atom is -0.297 e. The largest absolute Gasteiger partial charge is 0.297 e. The molecule has 0 unspecified atom stereocenters. The van der Waals surface area contributed by atoms with Crippen molar-refractivity contribution in [2.24, 2.45) is 4.99 Å². The molecule has 0 aliphatic carbocycles. The van der Waals surface area contributed by atoms with Crippen molar-refractivity contribution in [2.45, 2.75) is 6.92 Å². The third-order valence-corrected chi connectivity index (χ3v) is 2.51. The maximum atomic E-state index is 6.97.